The van der Waals surface area contributed by atoms with Crippen LogP contribution in [0, 0.1) is 0 Å². The zero-order valence-corrected chi connectivity index (χ0v) is 10.0. The Morgan fingerprint density at radius 2 is 1.80 bits per heavy atom. The Labute approximate surface area is 97.6 Å². The van der Waals surface area contributed by atoms with Gasteiger partial charge in [-0.15, -0.1) is 0 Å². The minimum atomic E-state index is 0. The van der Waals surface area contributed by atoms with E-state index in [0.717, 1.165) is 52.2 Å². The monoisotopic (exact) mass is 232 g/mol. The first-order chi connectivity index (χ1) is 6.75. The van der Waals surface area contributed by atoms with E-state index in [1.54, 1.807) is 0 Å². The Morgan fingerprint density at radius 3 is 2.33 bits per heavy atom. The van der Waals surface area contributed by atoms with Gasteiger partial charge in [0.05, 0.1) is 6.67 Å². The molecule has 0 aromatic rings. The van der Waals surface area contributed by atoms with Crippen LogP contribution >= 0.6 is 0 Å². The number of amides is 1. The predicted octanol–water partition coefficient (Wildman–Crippen LogP) is -3.18. The van der Waals surface area contributed by atoms with Crippen LogP contribution in [0.5, 0.6) is 0 Å². The van der Waals surface area contributed by atoms with E-state index in [1.807, 2.05) is 4.90 Å². The predicted molar refractivity (Wildman–Crippen MR) is 54.9 cm³/mol. The number of likely N-dealkylation sites (N-methyl/N-ethyl adjacent to an activating group) is 1. The molecule has 2 saturated heterocycles. The van der Waals surface area contributed by atoms with E-state index in [1.165, 1.54) is 0 Å². The first-order valence-electron chi connectivity index (χ1n) is 5.44. The first-order valence-corrected chi connectivity index (χ1v) is 5.44. The van der Waals surface area contributed by atoms with E-state index in [-0.39, 0.29) is 12.4 Å². The van der Waals surface area contributed by atoms with Gasteiger partial charge in [-0.2, -0.15) is 0 Å². The van der Waals surface area contributed by atoms with Gasteiger partial charge >= 0.3 is 0 Å². The summed E-state index contributed by atoms with van der Waals surface area (Å²) in [6.07, 6.45) is 1.81. The molecule has 0 aliphatic carbocycles. The standard InChI is InChI=1S/C10H19N3O.ClH/c1-11-5-7-12(8-6-11)9-13-4-2-3-10(13)14;/h2-9H2,1H3;1H/p-1. The molecule has 0 N–H and O–H groups in total. The molecule has 0 saturated carbocycles. The molecule has 2 aliphatic heterocycles. The summed E-state index contributed by atoms with van der Waals surface area (Å²) in [5.41, 5.74) is 0. The van der Waals surface area contributed by atoms with Crippen LogP contribution < -0.4 is 12.4 Å². The molecular weight excluding hydrogens is 214 g/mol. The molecule has 5 heteroatoms. The summed E-state index contributed by atoms with van der Waals surface area (Å²) in [7, 11) is 2.15. The van der Waals surface area contributed by atoms with Gasteiger partial charge in [0, 0.05) is 39.1 Å². The summed E-state index contributed by atoms with van der Waals surface area (Å²) >= 11 is 0. The van der Waals surface area contributed by atoms with Crippen LogP contribution in [-0.2, 0) is 4.79 Å². The van der Waals surface area contributed by atoms with Crippen LogP contribution in [0.1, 0.15) is 12.8 Å². The highest BCUT2D eigenvalue weighted by atomic mass is 35.5. The van der Waals surface area contributed by atoms with Gasteiger partial charge in [-0.25, -0.2) is 0 Å². The van der Waals surface area contributed by atoms with Crippen molar-refractivity contribution in [1.82, 2.24) is 14.7 Å². The first kappa shape index (κ1) is 12.7. The summed E-state index contributed by atoms with van der Waals surface area (Å²) in [6.45, 7) is 6.27. The lowest BCUT2D eigenvalue weighted by Gasteiger charge is -2.34. The van der Waals surface area contributed by atoms with Crippen molar-refractivity contribution in [2.75, 3.05) is 46.4 Å². The van der Waals surface area contributed by atoms with Crippen molar-refractivity contribution in [3.63, 3.8) is 0 Å². The molecule has 0 aromatic heterocycles. The van der Waals surface area contributed by atoms with E-state index < -0.39 is 0 Å². The Balaban J connectivity index is 0.00000112. The number of likely N-dealkylation sites (tertiary alicyclic amines) is 1. The third-order valence-corrected chi connectivity index (χ3v) is 3.14. The summed E-state index contributed by atoms with van der Waals surface area (Å²) < 4.78 is 0. The lowest BCUT2D eigenvalue weighted by molar-refractivity contribution is -0.129. The van der Waals surface area contributed by atoms with Gasteiger partial charge in [0.1, 0.15) is 0 Å². The molecule has 1 amide bonds. The lowest BCUT2D eigenvalue weighted by atomic mass is 10.3. The van der Waals surface area contributed by atoms with Gasteiger partial charge in [-0.1, -0.05) is 0 Å². The van der Waals surface area contributed by atoms with E-state index in [9.17, 15) is 4.79 Å². The Bertz CT molecular complexity index is 217. The SMILES string of the molecule is CN1CCN(CN2CCCC2=O)CC1.[Cl-]. The molecule has 88 valence electrons. The summed E-state index contributed by atoms with van der Waals surface area (Å²) in [5.74, 6) is 0.337. The molecule has 0 spiro atoms. The van der Waals surface area contributed by atoms with Crippen molar-refractivity contribution in [2.24, 2.45) is 0 Å². The van der Waals surface area contributed by atoms with Crippen molar-refractivity contribution in [3.05, 3.63) is 0 Å². The average Bonchev–Trinajstić information content (AvgIpc) is 2.56. The van der Waals surface area contributed by atoms with E-state index in [0.29, 0.717) is 5.91 Å². The third-order valence-electron chi connectivity index (χ3n) is 3.14. The number of carbonyl (C=O) groups is 1. The minimum absolute atomic E-state index is 0. The fourth-order valence-electron chi connectivity index (χ4n) is 2.08. The molecule has 2 heterocycles. The zero-order valence-electron chi connectivity index (χ0n) is 9.28. The maximum absolute atomic E-state index is 11.4. The molecule has 15 heavy (non-hydrogen) atoms. The van der Waals surface area contributed by atoms with Gasteiger partial charge in [-0.05, 0) is 13.5 Å². The quantitative estimate of drug-likeness (QED) is 0.503. The van der Waals surface area contributed by atoms with Crippen molar-refractivity contribution in [3.8, 4) is 0 Å². The minimum Gasteiger partial charge on any atom is -1.00 e. The Hall–Kier alpha value is -0.320. The van der Waals surface area contributed by atoms with Crippen LogP contribution in [-0.4, -0.2) is 67.0 Å². The number of rotatable bonds is 2. The molecule has 2 aliphatic rings. The topological polar surface area (TPSA) is 26.8 Å². The molecule has 0 atom stereocenters. The van der Waals surface area contributed by atoms with Crippen molar-refractivity contribution in [1.29, 1.82) is 0 Å². The molecule has 4 nitrogen and oxygen atoms in total. The van der Waals surface area contributed by atoms with Gasteiger partial charge in [-0.3, -0.25) is 9.69 Å². The van der Waals surface area contributed by atoms with Crippen LogP contribution in [0.15, 0.2) is 0 Å². The fraction of sp³-hybridized carbons (Fsp3) is 0.900. The number of piperazine rings is 1. The van der Waals surface area contributed by atoms with Crippen LogP contribution in [0.3, 0.4) is 0 Å². The zero-order chi connectivity index (χ0) is 9.97. The number of halogens is 1. The molecule has 0 unspecified atom stereocenters. The number of hydrogen-bond donors (Lipinski definition) is 0. The van der Waals surface area contributed by atoms with Crippen molar-refractivity contribution < 1.29 is 17.2 Å². The largest absolute Gasteiger partial charge is 1.00 e. The molecular formula is C10H19ClN3O-. The molecule has 0 bridgehead atoms. The number of nitrogens with zero attached hydrogens (tertiary/aromatic N) is 3. The number of hydrogen-bond acceptors (Lipinski definition) is 3. The summed E-state index contributed by atoms with van der Waals surface area (Å²) in [4.78, 5) is 18.1. The Morgan fingerprint density at radius 1 is 1.13 bits per heavy atom. The maximum Gasteiger partial charge on any atom is 0.223 e. The normalized spacial score (nSPS) is 24.3. The molecule has 2 fully saturated rings. The molecule has 0 aromatic carbocycles. The van der Waals surface area contributed by atoms with Crippen LogP contribution in [0.2, 0.25) is 0 Å². The lowest BCUT2D eigenvalue weighted by Crippen LogP contribution is -3.00. The molecule has 2 rings (SSSR count). The van der Waals surface area contributed by atoms with Gasteiger partial charge in [0.25, 0.3) is 0 Å². The second-order valence-electron chi connectivity index (χ2n) is 4.32. The fourth-order valence-corrected chi connectivity index (χ4v) is 2.08. The smallest absolute Gasteiger partial charge is 0.223 e. The number of carbonyl (C=O) groups excluding carboxylic acids is 1. The van der Waals surface area contributed by atoms with Crippen molar-refractivity contribution in [2.45, 2.75) is 12.8 Å². The second-order valence-corrected chi connectivity index (χ2v) is 4.32. The van der Waals surface area contributed by atoms with Crippen molar-refractivity contribution >= 4 is 5.91 Å². The van der Waals surface area contributed by atoms with Crippen LogP contribution in [0.25, 0.3) is 0 Å². The average molecular weight is 233 g/mol. The van der Waals surface area contributed by atoms with E-state index >= 15 is 0 Å². The van der Waals surface area contributed by atoms with Gasteiger partial charge < -0.3 is 22.2 Å². The highest BCUT2D eigenvalue weighted by molar-refractivity contribution is 5.77. The summed E-state index contributed by atoms with van der Waals surface area (Å²) in [5, 5.41) is 0. The maximum atomic E-state index is 11.4. The highest BCUT2D eigenvalue weighted by Gasteiger charge is 2.23. The molecule has 0 radical (unpaired) electrons. The van der Waals surface area contributed by atoms with Gasteiger partial charge in [0.15, 0.2) is 0 Å². The Kier molecular flexibility index (Phi) is 4.83. The van der Waals surface area contributed by atoms with Gasteiger partial charge in [0.2, 0.25) is 5.91 Å². The van der Waals surface area contributed by atoms with Crippen LogP contribution in [0.4, 0.5) is 0 Å². The van der Waals surface area contributed by atoms with E-state index in [4.69, 9.17) is 0 Å². The summed E-state index contributed by atoms with van der Waals surface area (Å²) in [6, 6.07) is 0. The third kappa shape index (κ3) is 3.33. The second kappa shape index (κ2) is 5.68. The van der Waals surface area contributed by atoms with E-state index in [2.05, 4.69) is 16.8 Å². The highest BCUT2D eigenvalue weighted by Crippen LogP contribution is 2.11.